The number of hydrogen-bond acceptors (Lipinski definition) is 5. The Morgan fingerprint density at radius 1 is 0.804 bits per heavy atom. The van der Waals surface area contributed by atoms with E-state index >= 15 is 0 Å². The van der Waals surface area contributed by atoms with Crippen LogP contribution in [-0.2, 0) is 17.6 Å². The molecular weight excluding hydrogens is 570 g/mol. The normalized spacial score (nSPS) is 12.0. The molecule has 5 nitrogen and oxygen atoms in total. The van der Waals surface area contributed by atoms with Gasteiger partial charge < -0.3 is 13.9 Å². The molecule has 2 heterocycles. The van der Waals surface area contributed by atoms with Crippen LogP contribution in [0.3, 0.4) is 0 Å². The Labute approximate surface area is 279 Å². The molecule has 1 aromatic carbocycles. The number of ether oxygens (including phenoxy) is 2. The van der Waals surface area contributed by atoms with E-state index in [1.54, 1.807) is 6.20 Å². The van der Waals surface area contributed by atoms with Crippen LogP contribution in [0.1, 0.15) is 149 Å². The van der Waals surface area contributed by atoms with Crippen molar-refractivity contribution in [1.29, 1.82) is 0 Å². The lowest BCUT2D eigenvalue weighted by Gasteiger charge is -2.26. The minimum atomic E-state index is -0.344. The highest BCUT2D eigenvalue weighted by atomic mass is 16.5. The summed E-state index contributed by atoms with van der Waals surface area (Å²) in [5.74, 6) is 1.47. The zero-order chi connectivity index (χ0) is 33.2. The lowest BCUT2D eigenvalue weighted by atomic mass is 9.95. The number of benzene rings is 1. The standard InChI is InChI=1S/C41H63NO4/c1-7-9-18-21-33-22-23-37(34(8-2)28-33)38-30-35-29-36(31-42-39(35)46-40(38)43)44-26-19-16-14-12-10-11-13-15-17-20-27-45-41(5,6)25-24-32(3)4/h22-23,28-32H,7-21,24-27H2,1-6H3. The van der Waals surface area contributed by atoms with E-state index < -0.39 is 0 Å². The fourth-order valence-electron chi connectivity index (χ4n) is 6.06. The monoisotopic (exact) mass is 633 g/mol. The molecule has 0 saturated heterocycles. The summed E-state index contributed by atoms with van der Waals surface area (Å²) in [5, 5.41) is 0.791. The second kappa shape index (κ2) is 20.5. The minimum absolute atomic E-state index is 0.0183. The van der Waals surface area contributed by atoms with Crippen LogP contribution in [0.15, 0.2) is 45.7 Å². The molecule has 0 bridgehead atoms. The second-order valence-corrected chi connectivity index (χ2v) is 14.2. The highest BCUT2D eigenvalue weighted by molar-refractivity contribution is 5.81. The first-order chi connectivity index (χ1) is 22.2. The molecule has 3 aromatic rings. The van der Waals surface area contributed by atoms with Crippen molar-refractivity contribution in [2.75, 3.05) is 13.2 Å². The van der Waals surface area contributed by atoms with Gasteiger partial charge in [0.15, 0.2) is 0 Å². The van der Waals surface area contributed by atoms with Gasteiger partial charge in [0.25, 0.3) is 0 Å². The fourth-order valence-corrected chi connectivity index (χ4v) is 6.06. The number of rotatable bonds is 24. The van der Waals surface area contributed by atoms with Crippen molar-refractivity contribution >= 4 is 11.1 Å². The first-order valence-electron chi connectivity index (χ1n) is 18.5. The molecule has 5 heteroatoms. The molecule has 2 aromatic heterocycles. The third-order valence-electron chi connectivity index (χ3n) is 9.10. The van der Waals surface area contributed by atoms with Crippen molar-refractivity contribution in [1.82, 2.24) is 4.98 Å². The molecule has 0 unspecified atom stereocenters. The van der Waals surface area contributed by atoms with Gasteiger partial charge in [-0.3, -0.25) is 0 Å². The van der Waals surface area contributed by atoms with Gasteiger partial charge in [0, 0.05) is 12.0 Å². The molecule has 0 atom stereocenters. The number of nitrogens with zero attached hydrogens (tertiary/aromatic N) is 1. The Hall–Kier alpha value is -2.66. The number of pyridine rings is 1. The van der Waals surface area contributed by atoms with Gasteiger partial charge in [0.05, 0.1) is 24.0 Å². The maximum atomic E-state index is 12.9. The van der Waals surface area contributed by atoms with Crippen LogP contribution in [0.5, 0.6) is 5.75 Å². The maximum absolute atomic E-state index is 12.9. The topological polar surface area (TPSA) is 61.6 Å². The van der Waals surface area contributed by atoms with Crippen molar-refractivity contribution < 1.29 is 13.9 Å². The maximum Gasteiger partial charge on any atom is 0.345 e. The molecule has 0 N–H and O–H groups in total. The average molecular weight is 634 g/mol. The van der Waals surface area contributed by atoms with Gasteiger partial charge in [-0.2, -0.15) is 0 Å². The minimum Gasteiger partial charge on any atom is -0.492 e. The SMILES string of the molecule is CCCCCc1ccc(-c2cc3cc(OCCCCCCCCCCCCOC(C)(C)CCC(C)C)cnc3oc2=O)c(CC)c1. The van der Waals surface area contributed by atoms with Crippen molar-refractivity contribution in [3.63, 3.8) is 0 Å². The lowest BCUT2D eigenvalue weighted by molar-refractivity contribution is -0.0282. The van der Waals surface area contributed by atoms with Crippen LogP contribution in [0.2, 0.25) is 0 Å². The molecule has 0 aliphatic rings. The summed E-state index contributed by atoms with van der Waals surface area (Å²) in [6.07, 6.45) is 22.2. The molecule has 0 aliphatic heterocycles. The van der Waals surface area contributed by atoms with Gasteiger partial charge in [-0.05, 0) is 93.5 Å². The first-order valence-corrected chi connectivity index (χ1v) is 18.5. The third kappa shape index (κ3) is 13.6. The van der Waals surface area contributed by atoms with Crippen LogP contribution in [-0.4, -0.2) is 23.8 Å². The first kappa shape index (κ1) is 37.8. The van der Waals surface area contributed by atoms with Gasteiger partial charge >= 0.3 is 5.63 Å². The largest absolute Gasteiger partial charge is 0.492 e. The zero-order valence-corrected chi connectivity index (χ0v) is 30.1. The van der Waals surface area contributed by atoms with Gasteiger partial charge in [0.2, 0.25) is 5.71 Å². The summed E-state index contributed by atoms with van der Waals surface area (Å²) in [7, 11) is 0. The third-order valence-corrected chi connectivity index (χ3v) is 9.10. The van der Waals surface area contributed by atoms with E-state index in [9.17, 15) is 4.79 Å². The molecule has 46 heavy (non-hydrogen) atoms. The number of aryl methyl sites for hydroxylation is 2. The van der Waals surface area contributed by atoms with Gasteiger partial charge in [0.1, 0.15) is 5.75 Å². The van der Waals surface area contributed by atoms with E-state index in [0.29, 0.717) is 17.9 Å². The second-order valence-electron chi connectivity index (χ2n) is 14.2. The Balaban J connectivity index is 1.33. The summed E-state index contributed by atoms with van der Waals surface area (Å²) in [5.41, 5.74) is 4.08. The lowest BCUT2D eigenvalue weighted by Crippen LogP contribution is -2.25. The summed E-state index contributed by atoms with van der Waals surface area (Å²) in [4.78, 5) is 17.3. The molecule has 0 radical (unpaired) electrons. The summed E-state index contributed by atoms with van der Waals surface area (Å²) in [6, 6.07) is 10.3. The van der Waals surface area contributed by atoms with E-state index in [-0.39, 0.29) is 11.2 Å². The van der Waals surface area contributed by atoms with Gasteiger partial charge in [-0.1, -0.05) is 110 Å². The molecule has 0 spiro atoms. The average Bonchev–Trinajstić information content (AvgIpc) is 3.04. The Morgan fingerprint density at radius 2 is 1.48 bits per heavy atom. The van der Waals surface area contributed by atoms with Crippen LogP contribution >= 0.6 is 0 Å². The number of fused-ring (bicyclic) bond motifs is 1. The highest BCUT2D eigenvalue weighted by Gasteiger charge is 2.18. The summed E-state index contributed by atoms with van der Waals surface area (Å²) < 4.78 is 17.8. The van der Waals surface area contributed by atoms with Crippen LogP contribution in [0, 0.1) is 5.92 Å². The Kier molecular flexibility index (Phi) is 16.9. The molecule has 0 saturated carbocycles. The Morgan fingerprint density at radius 3 is 2.13 bits per heavy atom. The van der Waals surface area contributed by atoms with E-state index in [0.717, 1.165) is 54.9 Å². The van der Waals surface area contributed by atoms with Crippen molar-refractivity contribution in [2.45, 2.75) is 156 Å². The molecule has 0 fully saturated rings. The van der Waals surface area contributed by atoms with Crippen LogP contribution < -0.4 is 10.4 Å². The van der Waals surface area contributed by atoms with E-state index in [1.807, 2.05) is 12.1 Å². The predicted molar refractivity (Wildman–Crippen MR) is 194 cm³/mol. The van der Waals surface area contributed by atoms with Crippen molar-refractivity contribution in [3.05, 3.63) is 58.1 Å². The van der Waals surface area contributed by atoms with Gasteiger partial charge in [-0.15, -0.1) is 0 Å². The molecule has 256 valence electrons. The van der Waals surface area contributed by atoms with E-state index in [2.05, 4.69) is 64.7 Å². The summed E-state index contributed by atoms with van der Waals surface area (Å²) >= 11 is 0. The molecular formula is C41H63NO4. The molecule has 0 aliphatic carbocycles. The Bertz CT molecular complexity index is 1340. The molecule has 0 amide bonds. The van der Waals surface area contributed by atoms with Crippen molar-refractivity contribution in [3.8, 4) is 16.9 Å². The zero-order valence-electron chi connectivity index (χ0n) is 30.1. The number of unbranched alkanes of at least 4 members (excludes halogenated alkanes) is 11. The number of aromatic nitrogens is 1. The van der Waals surface area contributed by atoms with E-state index in [4.69, 9.17) is 13.9 Å². The molecule has 3 rings (SSSR count). The predicted octanol–water partition coefficient (Wildman–Crippen LogP) is 11.7. The quantitative estimate of drug-likeness (QED) is 0.0918. The number of hydrogen-bond donors (Lipinski definition) is 0. The smallest absolute Gasteiger partial charge is 0.345 e. The summed E-state index contributed by atoms with van der Waals surface area (Å²) in [6.45, 7) is 15.0. The van der Waals surface area contributed by atoms with E-state index in [1.165, 1.54) is 94.6 Å². The van der Waals surface area contributed by atoms with Crippen molar-refractivity contribution in [2.24, 2.45) is 5.92 Å². The fraction of sp³-hybridized carbons (Fsp3) is 0.659. The van der Waals surface area contributed by atoms with Crippen LogP contribution in [0.4, 0.5) is 0 Å². The highest BCUT2D eigenvalue weighted by Crippen LogP contribution is 2.28. The van der Waals surface area contributed by atoms with Crippen LogP contribution in [0.25, 0.3) is 22.2 Å². The van der Waals surface area contributed by atoms with Gasteiger partial charge in [-0.25, -0.2) is 9.78 Å².